The molecule has 0 aliphatic heterocycles. The Labute approximate surface area is 114 Å². The molecule has 0 unspecified atom stereocenters. The first-order chi connectivity index (χ1) is 8.85. The second kappa shape index (κ2) is 6.57. The van der Waals surface area contributed by atoms with Gasteiger partial charge in [0.25, 0.3) is 0 Å². The van der Waals surface area contributed by atoms with E-state index in [9.17, 15) is 4.79 Å². The number of hydrogen-bond donors (Lipinski definition) is 2. The van der Waals surface area contributed by atoms with E-state index in [1.54, 1.807) is 13.2 Å². The topological polar surface area (TPSA) is 58.6 Å². The van der Waals surface area contributed by atoms with E-state index in [0.717, 1.165) is 30.8 Å². The lowest BCUT2D eigenvalue weighted by atomic mass is 9.89. The molecule has 0 amide bonds. The number of carboxylic acid groups (broad SMARTS) is 1. The number of nitrogens with one attached hydrogen (secondary N) is 1. The Kier molecular flexibility index (Phi) is 5.36. The van der Waals surface area contributed by atoms with Crippen molar-refractivity contribution in [3.05, 3.63) is 29.3 Å². The molecule has 2 N–H and O–H groups in total. The van der Waals surface area contributed by atoms with E-state index in [2.05, 4.69) is 19.2 Å². The number of methoxy groups -OCH3 is 1. The van der Waals surface area contributed by atoms with Gasteiger partial charge in [0.1, 0.15) is 0 Å². The van der Waals surface area contributed by atoms with Gasteiger partial charge >= 0.3 is 5.97 Å². The normalized spacial score (nSPS) is 11.4. The quantitative estimate of drug-likeness (QED) is 0.795. The van der Waals surface area contributed by atoms with E-state index in [1.807, 2.05) is 19.1 Å². The molecule has 106 valence electrons. The van der Waals surface area contributed by atoms with Crippen LogP contribution in [-0.2, 0) is 4.74 Å². The third kappa shape index (κ3) is 4.91. The van der Waals surface area contributed by atoms with Crippen LogP contribution in [0.3, 0.4) is 0 Å². The smallest absolute Gasteiger partial charge is 0.335 e. The predicted octanol–water partition coefficient (Wildman–Crippen LogP) is 3.17. The van der Waals surface area contributed by atoms with E-state index in [1.165, 1.54) is 0 Å². The van der Waals surface area contributed by atoms with Crippen LogP contribution < -0.4 is 5.32 Å². The summed E-state index contributed by atoms with van der Waals surface area (Å²) in [6, 6.07) is 5.32. The summed E-state index contributed by atoms with van der Waals surface area (Å²) in [5.41, 5.74) is 2.21. The Morgan fingerprint density at radius 3 is 2.63 bits per heavy atom. The highest BCUT2D eigenvalue weighted by molar-refractivity contribution is 5.89. The number of hydrogen-bond acceptors (Lipinski definition) is 3. The predicted molar refractivity (Wildman–Crippen MR) is 76.9 cm³/mol. The van der Waals surface area contributed by atoms with Crippen LogP contribution in [0.5, 0.6) is 0 Å². The van der Waals surface area contributed by atoms with Gasteiger partial charge in [0.2, 0.25) is 0 Å². The molecule has 0 radical (unpaired) electrons. The molecule has 0 fully saturated rings. The maximum Gasteiger partial charge on any atom is 0.335 e. The summed E-state index contributed by atoms with van der Waals surface area (Å²) in [7, 11) is 1.71. The van der Waals surface area contributed by atoms with Crippen LogP contribution in [0, 0.1) is 12.3 Å². The lowest BCUT2D eigenvalue weighted by Gasteiger charge is -2.25. The standard InChI is InChI=1S/C15H23NO3/c1-11-9-12(5-6-13(11)14(17)18)16-10-15(2,3)7-8-19-4/h5-6,9,16H,7-8,10H2,1-4H3,(H,17,18). The van der Waals surface area contributed by atoms with Crippen molar-refractivity contribution in [1.29, 1.82) is 0 Å². The zero-order chi connectivity index (χ0) is 14.5. The molecule has 0 saturated heterocycles. The first-order valence-corrected chi connectivity index (χ1v) is 6.42. The highest BCUT2D eigenvalue weighted by atomic mass is 16.5. The lowest BCUT2D eigenvalue weighted by Crippen LogP contribution is -2.24. The van der Waals surface area contributed by atoms with Crippen molar-refractivity contribution in [3.8, 4) is 0 Å². The number of aromatic carboxylic acids is 1. The summed E-state index contributed by atoms with van der Waals surface area (Å²) < 4.78 is 5.10. The van der Waals surface area contributed by atoms with Crippen LogP contribution in [0.4, 0.5) is 5.69 Å². The van der Waals surface area contributed by atoms with Crippen LogP contribution in [0.25, 0.3) is 0 Å². The van der Waals surface area contributed by atoms with Crippen LogP contribution in [0.2, 0.25) is 0 Å². The van der Waals surface area contributed by atoms with Crippen molar-refractivity contribution in [2.75, 3.05) is 25.6 Å². The molecule has 4 heteroatoms. The van der Waals surface area contributed by atoms with Gasteiger partial charge in [-0.1, -0.05) is 13.8 Å². The van der Waals surface area contributed by atoms with E-state index < -0.39 is 5.97 Å². The van der Waals surface area contributed by atoms with Gasteiger partial charge in [0.05, 0.1) is 5.56 Å². The molecule has 4 nitrogen and oxygen atoms in total. The van der Waals surface area contributed by atoms with Crippen LogP contribution >= 0.6 is 0 Å². The number of anilines is 1. The molecule has 0 bridgehead atoms. The maximum atomic E-state index is 10.9. The van der Waals surface area contributed by atoms with Crippen LogP contribution in [0.1, 0.15) is 36.2 Å². The van der Waals surface area contributed by atoms with Gasteiger partial charge in [-0.15, -0.1) is 0 Å². The van der Waals surface area contributed by atoms with E-state index in [-0.39, 0.29) is 5.41 Å². The van der Waals surface area contributed by atoms with Gasteiger partial charge in [-0.05, 0) is 42.5 Å². The van der Waals surface area contributed by atoms with Gasteiger partial charge in [-0.3, -0.25) is 0 Å². The van der Waals surface area contributed by atoms with Gasteiger partial charge < -0.3 is 15.2 Å². The minimum atomic E-state index is -0.885. The Morgan fingerprint density at radius 2 is 2.11 bits per heavy atom. The average molecular weight is 265 g/mol. The Balaban J connectivity index is 2.63. The van der Waals surface area contributed by atoms with Crippen molar-refractivity contribution in [3.63, 3.8) is 0 Å². The number of carboxylic acids is 1. The Morgan fingerprint density at radius 1 is 1.42 bits per heavy atom. The van der Waals surface area contributed by atoms with E-state index in [4.69, 9.17) is 9.84 Å². The summed E-state index contributed by atoms with van der Waals surface area (Å²) in [6.45, 7) is 7.73. The number of rotatable bonds is 7. The molecule has 0 aliphatic rings. The number of ether oxygens (including phenoxy) is 1. The van der Waals surface area contributed by atoms with Crippen molar-refractivity contribution >= 4 is 11.7 Å². The summed E-state index contributed by atoms with van der Waals surface area (Å²) in [5, 5.41) is 12.3. The second-order valence-corrected chi connectivity index (χ2v) is 5.60. The molecule has 1 rings (SSSR count). The number of benzene rings is 1. The molecule has 1 aromatic carbocycles. The van der Waals surface area contributed by atoms with Gasteiger partial charge in [0, 0.05) is 25.9 Å². The molecular formula is C15H23NO3. The van der Waals surface area contributed by atoms with Crippen molar-refractivity contribution in [2.24, 2.45) is 5.41 Å². The van der Waals surface area contributed by atoms with Crippen LogP contribution in [-0.4, -0.2) is 31.3 Å². The Hall–Kier alpha value is -1.55. The first kappa shape index (κ1) is 15.5. The molecule has 19 heavy (non-hydrogen) atoms. The number of carbonyl (C=O) groups is 1. The lowest BCUT2D eigenvalue weighted by molar-refractivity contribution is 0.0696. The zero-order valence-electron chi connectivity index (χ0n) is 12.1. The molecule has 0 aromatic heterocycles. The molecule has 1 aromatic rings. The summed E-state index contributed by atoms with van der Waals surface area (Å²) in [4.78, 5) is 10.9. The fourth-order valence-corrected chi connectivity index (χ4v) is 1.82. The van der Waals surface area contributed by atoms with Gasteiger partial charge in [-0.25, -0.2) is 4.79 Å². The molecular weight excluding hydrogens is 242 g/mol. The maximum absolute atomic E-state index is 10.9. The molecule has 0 spiro atoms. The fraction of sp³-hybridized carbons (Fsp3) is 0.533. The van der Waals surface area contributed by atoms with Gasteiger partial charge in [0.15, 0.2) is 0 Å². The summed E-state index contributed by atoms with van der Waals surface area (Å²) in [5.74, 6) is -0.885. The third-order valence-corrected chi connectivity index (χ3v) is 3.21. The SMILES string of the molecule is COCCC(C)(C)CNc1ccc(C(=O)O)c(C)c1. The third-order valence-electron chi connectivity index (χ3n) is 3.21. The zero-order valence-corrected chi connectivity index (χ0v) is 12.1. The molecule has 0 saturated carbocycles. The van der Waals surface area contributed by atoms with Crippen molar-refractivity contribution in [2.45, 2.75) is 27.2 Å². The first-order valence-electron chi connectivity index (χ1n) is 6.42. The van der Waals surface area contributed by atoms with Crippen LogP contribution in [0.15, 0.2) is 18.2 Å². The minimum absolute atomic E-state index is 0.134. The largest absolute Gasteiger partial charge is 0.478 e. The van der Waals surface area contributed by atoms with E-state index in [0.29, 0.717) is 5.56 Å². The van der Waals surface area contributed by atoms with E-state index >= 15 is 0 Å². The second-order valence-electron chi connectivity index (χ2n) is 5.60. The van der Waals surface area contributed by atoms with Gasteiger partial charge in [-0.2, -0.15) is 0 Å². The fourth-order valence-electron chi connectivity index (χ4n) is 1.82. The monoisotopic (exact) mass is 265 g/mol. The minimum Gasteiger partial charge on any atom is -0.478 e. The highest BCUT2D eigenvalue weighted by Gasteiger charge is 2.17. The Bertz CT molecular complexity index is 441. The molecule has 0 heterocycles. The highest BCUT2D eigenvalue weighted by Crippen LogP contribution is 2.22. The average Bonchev–Trinajstić information content (AvgIpc) is 2.34. The molecule has 0 aliphatic carbocycles. The summed E-state index contributed by atoms with van der Waals surface area (Å²) >= 11 is 0. The number of aryl methyl sites for hydroxylation is 1. The molecule has 0 atom stereocenters. The van der Waals surface area contributed by atoms with Crippen molar-refractivity contribution in [1.82, 2.24) is 0 Å². The van der Waals surface area contributed by atoms with Crippen molar-refractivity contribution < 1.29 is 14.6 Å². The summed E-state index contributed by atoms with van der Waals surface area (Å²) in [6.07, 6.45) is 0.975.